The average molecular weight is 204 g/mol. The van der Waals surface area contributed by atoms with Gasteiger partial charge in [-0.1, -0.05) is 32.3 Å². The first-order valence-corrected chi connectivity index (χ1v) is 6.10. The lowest BCUT2D eigenvalue weighted by atomic mass is 9.97. The molecule has 2 heteroatoms. The second kappa shape index (κ2) is 5.15. The van der Waals surface area contributed by atoms with E-state index >= 15 is 0 Å². The Labute approximate surface area is 92.1 Å². The molecule has 2 heterocycles. The number of fused-ring (bicyclic) bond motifs is 1. The Morgan fingerprint density at radius 2 is 2.40 bits per heavy atom. The van der Waals surface area contributed by atoms with Crippen molar-refractivity contribution in [3.63, 3.8) is 0 Å². The van der Waals surface area contributed by atoms with Crippen LogP contribution in [0.1, 0.15) is 44.6 Å². The van der Waals surface area contributed by atoms with E-state index in [9.17, 15) is 0 Å². The number of aryl methyl sites for hydroxylation is 1. The maximum absolute atomic E-state index is 4.39. The first kappa shape index (κ1) is 10.5. The molecule has 0 aliphatic carbocycles. The number of rotatable bonds is 4. The molecule has 1 aromatic heterocycles. The summed E-state index contributed by atoms with van der Waals surface area (Å²) in [5.41, 5.74) is 1.38. The van der Waals surface area contributed by atoms with Crippen LogP contribution >= 0.6 is 0 Å². The van der Waals surface area contributed by atoms with E-state index in [0.717, 1.165) is 5.82 Å². The van der Waals surface area contributed by atoms with Gasteiger partial charge in [-0.15, -0.1) is 0 Å². The molecule has 2 nitrogen and oxygen atoms in total. The van der Waals surface area contributed by atoms with Crippen molar-refractivity contribution in [1.29, 1.82) is 0 Å². The van der Waals surface area contributed by atoms with Gasteiger partial charge in [0.15, 0.2) is 0 Å². The van der Waals surface area contributed by atoms with Gasteiger partial charge in [0.2, 0.25) is 0 Å². The van der Waals surface area contributed by atoms with Crippen LogP contribution in [0, 0.1) is 0 Å². The smallest absolute Gasteiger partial charge is 0.129 e. The van der Waals surface area contributed by atoms with Gasteiger partial charge in [0.1, 0.15) is 5.82 Å². The molecule has 0 amide bonds. The van der Waals surface area contributed by atoms with Gasteiger partial charge < -0.3 is 5.32 Å². The monoisotopic (exact) mass is 204 g/mol. The molecule has 82 valence electrons. The van der Waals surface area contributed by atoms with Crippen molar-refractivity contribution in [3.8, 4) is 0 Å². The lowest BCUT2D eigenvalue weighted by Gasteiger charge is -2.25. The average Bonchev–Trinajstić information content (AvgIpc) is 2.29. The number of aromatic nitrogens is 1. The summed E-state index contributed by atoms with van der Waals surface area (Å²) < 4.78 is 0. The SMILES string of the molecule is CCCCC[C@@H]1CCc2cccnc2N1. The lowest BCUT2D eigenvalue weighted by Crippen LogP contribution is -2.26. The number of anilines is 1. The Morgan fingerprint density at radius 3 is 3.27 bits per heavy atom. The summed E-state index contributed by atoms with van der Waals surface area (Å²) in [4.78, 5) is 4.39. The van der Waals surface area contributed by atoms with Crippen LogP contribution in [0.3, 0.4) is 0 Å². The predicted octanol–water partition coefficient (Wildman–Crippen LogP) is 3.39. The van der Waals surface area contributed by atoms with Gasteiger partial charge in [0, 0.05) is 12.2 Å². The first-order valence-electron chi connectivity index (χ1n) is 6.10. The largest absolute Gasteiger partial charge is 0.367 e. The van der Waals surface area contributed by atoms with Gasteiger partial charge >= 0.3 is 0 Å². The van der Waals surface area contributed by atoms with E-state index in [4.69, 9.17) is 0 Å². The highest BCUT2D eigenvalue weighted by molar-refractivity contribution is 5.46. The number of unbranched alkanes of at least 4 members (excludes halogenated alkanes) is 2. The molecule has 1 aliphatic rings. The number of hydrogen-bond acceptors (Lipinski definition) is 2. The molecule has 0 spiro atoms. The Kier molecular flexibility index (Phi) is 3.59. The van der Waals surface area contributed by atoms with Gasteiger partial charge in [-0.05, 0) is 30.9 Å². The lowest BCUT2D eigenvalue weighted by molar-refractivity contribution is 0.542. The third-order valence-corrected chi connectivity index (χ3v) is 3.15. The molecule has 0 aromatic carbocycles. The topological polar surface area (TPSA) is 24.9 Å². The van der Waals surface area contributed by atoms with Crippen LogP contribution in [0.15, 0.2) is 18.3 Å². The highest BCUT2D eigenvalue weighted by Crippen LogP contribution is 2.24. The van der Waals surface area contributed by atoms with Crippen LogP contribution in [-0.2, 0) is 6.42 Å². The van der Waals surface area contributed by atoms with E-state index < -0.39 is 0 Å². The number of nitrogens with zero attached hydrogens (tertiary/aromatic N) is 1. The Morgan fingerprint density at radius 1 is 1.47 bits per heavy atom. The van der Waals surface area contributed by atoms with Crippen molar-refractivity contribution >= 4 is 5.82 Å². The zero-order valence-corrected chi connectivity index (χ0v) is 9.50. The molecular formula is C13H20N2. The Bertz CT molecular complexity index is 309. The molecule has 15 heavy (non-hydrogen) atoms. The predicted molar refractivity (Wildman–Crippen MR) is 64.1 cm³/mol. The Hall–Kier alpha value is -1.05. The second-order valence-corrected chi connectivity index (χ2v) is 4.39. The van der Waals surface area contributed by atoms with Gasteiger partial charge in [-0.2, -0.15) is 0 Å². The maximum atomic E-state index is 4.39. The molecular weight excluding hydrogens is 184 g/mol. The molecule has 1 aromatic rings. The summed E-state index contributed by atoms with van der Waals surface area (Å²) in [5.74, 6) is 1.12. The summed E-state index contributed by atoms with van der Waals surface area (Å²) in [6, 6.07) is 4.86. The third kappa shape index (κ3) is 2.71. The maximum Gasteiger partial charge on any atom is 0.129 e. The van der Waals surface area contributed by atoms with Crippen LogP contribution in [-0.4, -0.2) is 11.0 Å². The standard InChI is InChI=1S/C13H20N2/c1-2-3-4-7-12-9-8-11-6-5-10-14-13(11)15-12/h5-6,10,12H,2-4,7-9H2,1H3,(H,14,15)/t12-/m1/s1. The van der Waals surface area contributed by atoms with Crippen molar-refractivity contribution in [2.24, 2.45) is 0 Å². The molecule has 1 N–H and O–H groups in total. The highest BCUT2D eigenvalue weighted by Gasteiger charge is 2.17. The normalized spacial score (nSPS) is 19.4. The Balaban J connectivity index is 1.88. The molecule has 1 aliphatic heterocycles. The second-order valence-electron chi connectivity index (χ2n) is 4.39. The van der Waals surface area contributed by atoms with Crippen LogP contribution in [0.25, 0.3) is 0 Å². The van der Waals surface area contributed by atoms with Gasteiger partial charge in [0.05, 0.1) is 0 Å². The van der Waals surface area contributed by atoms with Crippen LogP contribution in [0.5, 0.6) is 0 Å². The van der Waals surface area contributed by atoms with E-state index in [1.807, 2.05) is 12.3 Å². The van der Waals surface area contributed by atoms with E-state index in [1.165, 1.54) is 44.1 Å². The minimum absolute atomic E-state index is 0.652. The van der Waals surface area contributed by atoms with Crippen LogP contribution < -0.4 is 5.32 Å². The third-order valence-electron chi connectivity index (χ3n) is 3.15. The zero-order valence-electron chi connectivity index (χ0n) is 9.50. The number of pyridine rings is 1. The van der Waals surface area contributed by atoms with Crippen LogP contribution in [0.2, 0.25) is 0 Å². The summed E-state index contributed by atoms with van der Waals surface area (Å²) in [6.07, 6.45) is 9.63. The summed E-state index contributed by atoms with van der Waals surface area (Å²) >= 11 is 0. The van der Waals surface area contributed by atoms with Crippen molar-refractivity contribution in [3.05, 3.63) is 23.9 Å². The molecule has 0 radical (unpaired) electrons. The van der Waals surface area contributed by atoms with Gasteiger partial charge in [0.25, 0.3) is 0 Å². The van der Waals surface area contributed by atoms with Crippen LogP contribution in [0.4, 0.5) is 5.82 Å². The minimum Gasteiger partial charge on any atom is -0.367 e. The quantitative estimate of drug-likeness (QED) is 0.760. The van der Waals surface area contributed by atoms with E-state index in [0.29, 0.717) is 6.04 Å². The molecule has 1 atom stereocenters. The fourth-order valence-corrected chi connectivity index (χ4v) is 2.22. The molecule has 0 unspecified atom stereocenters. The molecule has 0 bridgehead atoms. The molecule has 0 saturated heterocycles. The number of hydrogen-bond donors (Lipinski definition) is 1. The fourth-order valence-electron chi connectivity index (χ4n) is 2.22. The van der Waals surface area contributed by atoms with Gasteiger partial charge in [-0.3, -0.25) is 0 Å². The highest BCUT2D eigenvalue weighted by atomic mass is 15.0. The summed E-state index contributed by atoms with van der Waals surface area (Å²) in [6.45, 7) is 2.26. The molecule has 0 saturated carbocycles. The van der Waals surface area contributed by atoms with Crippen molar-refractivity contribution < 1.29 is 0 Å². The van der Waals surface area contributed by atoms with E-state index in [2.05, 4.69) is 23.3 Å². The summed E-state index contributed by atoms with van der Waals surface area (Å²) in [7, 11) is 0. The van der Waals surface area contributed by atoms with Gasteiger partial charge in [-0.25, -0.2) is 4.98 Å². The summed E-state index contributed by atoms with van der Waals surface area (Å²) in [5, 5.41) is 3.54. The first-order chi connectivity index (χ1) is 7.40. The van der Waals surface area contributed by atoms with E-state index in [-0.39, 0.29) is 0 Å². The van der Waals surface area contributed by atoms with Crippen molar-refractivity contribution in [2.75, 3.05) is 5.32 Å². The minimum atomic E-state index is 0.652. The number of nitrogens with one attached hydrogen (secondary N) is 1. The fraction of sp³-hybridized carbons (Fsp3) is 0.615. The molecule has 0 fully saturated rings. The molecule has 2 rings (SSSR count). The zero-order chi connectivity index (χ0) is 10.5. The van der Waals surface area contributed by atoms with Crippen molar-refractivity contribution in [2.45, 2.75) is 51.5 Å². The van der Waals surface area contributed by atoms with Crippen molar-refractivity contribution in [1.82, 2.24) is 4.98 Å². The van der Waals surface area contributed by atoms with E-state index in [1.54, 1.807) is 0 Å².